The molecule has 4 nitrogen and oxygen atoms in total. The molecular weight excluding hydrogens is 261 g/mol. The second kappa shape index (κ2) is 6.81. The van der Waals surface area contributed by atoms with Crippen molar-refractivity contribution in [2.24, 2.45) is 0 Å². The number of hydrogen-bond acceptors (Lipinski definition) is 4. The van der Waals surface area contributed by atoms with Crippen molar-refractivity contribution in [1.29, 1.82) is 0 Å². The van der Waals surface area contributed by atoms with E-state index in [9.17, 15) is 9.18 Å². The topological polar surface area (TPSA) is 38.8 Å². The lowest BCUT2D eigenvalue weighted by Crippen LogP contribution is -2.44. The molecule has 0 N–H and O–H groups in total. The lowest BCUT2D eigenvalue weighted by Gasteiger charge is -2.36. The van der Waals surface area contributed by atoms with Crippen molar-refractivity contribution >= 4 is 5.97 Å². The Morgan fingerprint density at radius 2 is 2.30 bits per heavy atom. The Hall–Kier alpha value is -1.46. The Labute approximate surface area is 118 Å². The Bertz CT molecular complexity index is 466. The maximum absolute atomic E-state index is 13.8. The van der Waals surface area contributed by atoms with E-state index in [2.05, 4.69) is 9.64 Å². The van der Waals surface area contributed by atoms with E-state index < -0.39 is 0 Å². The van der Waals surface area contributed by atoms with Crippen molar-refractivity contribution in [3.63, 3.8) is 0 Å². The molecule has 2 unspecified atom stereocenters. The predicted octanol–water partition coefficient (Wildman–Crippen LogP) is 2.15. The zero-order valence-corrected chi connectivity index (χ0v) is 11.8. The van der Waals surface area contributed by atoms with Gasteiger partial charge >= 0.3 is 5.97 Å². The van der Waals surface area contributed by atoms with Crippen LogP contribution in [0.3, 0.4) is 0 Å². The smallest absolute Gasteiger partial charge is 0.308 e. The Balaban J connectivity index is 2.01. The molecule has 1 aliphatic rings. The quantitative estimate of drug-likeness (QED) is 0.793. The number of carbonyl (C=O) groups excluding carboxylic acids is 1. The Kier molecular flexibility index (Phi) is 5.09. The largest absolute Gasteiger partial charge is 0.469 e. The highest BCUT2D eigenvalue weighted by Crippen LogP contribution is 2.25. The van der Waals surface area contributed by atoms with Gasteiger partial charge in [0, 0.05) is 24.7 Å². The average molecular weight is 281 g/mol. The van der Waals surface area contributed by atoms with E-state index in [4.69, 9.17) is 4.74 Å². The van der Waals surface area contributed by atoms with Crippen LogP contribution in [-0.4, -0.2) is 43.8 Å². The van der Waals surface area contributed by atoms with Crippen LogP contribution >= 0.6 is 0 Å². The summed E-state index contributed by atoms with van der Waals surface area (Å²) in [4.78, 5) is 13.4. The van der Waals surface area contributed by atoms with Gasteiger partial charge in [-0.25, -0.2) is 4.39 Å². The zero-order valence-electron chi connectivity index (χ0n) is 11.8. The number of ether oxygens (including phenoxy) is 2. The van der Waals surface area contributed by atoms with Gasteiger partial charge in [0.15, 0.2) is 0 Å². The fourth-order valence-electron chi connectivity index (χ4n) is 2.50. The van der Waals surface area contributed by atoms with Crippen LogP contribution in [0.25, 0.3) is 0 Å². The van der Waals surface area contributed by atoms with Crippen molar-refractivity contribution in [2.45, 2.75) is 25.5 Å². The van der Waals surface area contributed by atoms with E-state index in [-0.39, 0.29) is 30.4 Å². The van der Waals surface area contributed by atoms with Crippen LogP contribution < -0.4 is 0 Å². The monoisotopic (exact) mass is 281 g/mol. The fraction of sp³-hybridized carbons (Fsp3) is 0.533. The van der Waals surface area contributed by atoms with Gasteiger partial charge in [-0.3, -0.25) is 9.69 Å². The molecule has 1 heterocycles. The molecular formula is C15H20FNO3. The summed E-state index contributed by atoms with van der Waals surface area (Å²) in [6.07, 6.45) is 0.0437. The molecule has 0 amide bonds. The second-order valence-electron chi connectivity index (χ2n) is 4.97. The summed E-state index contributed by atoms with van der Waals surface area (Å²) in [5, 5.41) is 0. The summed E-state index contributed by atoms with van der Waals surface area (Å²) in [5.74, 6) is -0.480. The molecule has 1 aromatic rings. The number of hydrogen-bond donors (Lipinski definition) is 0. The van der Waals surface area contributed by atoms with Gasteiger partial charge in [0.1, 0.15) is 5.82 Å². The molecule has 2 rings (SSSR count). The normalized spacial score (nSPS) is 21.4. The maximum Gasteiger partial charge on any atom is 0.308 e. The van der Waals surface area contributed by atoms with Gasteiger partial charge in [-0.15, -0.1) is 0 Å². The van der Waals surface area contributed by atoms with E-state index in [0.717, 1.165) is 6.54 Å². The highest BCUT2D eigenvalue weighted by Gasteiger charge is 2.27. The number of esters is 1. The number of morpholine rings is 1. The molecule has 1 fully saturated rings. The fourth-order valence-corrected chi connectivity index (χ4v) is 2.50. The third-order valence-corrected chi connectivity index (χ3v) is 3.70. The summed E-state index contributed by atoms with van der Waals surface area (Å²) in [5.41, 5.74) is 0.672. The molecule has 0 aliphatic carbocycles. The highest BCUT2D eigenvalue weighted by atomic mass is 19.1. The third kappa shape index (κ3) is 3.55. The molecule has 20 heavy (non-hydrogen) atoms. The van der Waals surface area contributed by atoms with E-state index in [1.165, 1.54) is 13.2 Å². The first-order valence-corrected chi connectivity index (χ1v) is 6.78. The van der Waals surface area contributed by atoms with E-state index in [1.807, 2.05) is 13.0 Å². The first kappa shape index (κ1) is 14.9. The van der Waals surface area contributed by atoms with Crippen molar-refractivity contribution in [2.75, 3.05) is 26.8 Å². The van der Waals surface area contributed by atoms with Crippen molar-refractivity contribution in [3.8, 4) is 0 Å². The van der Waals surface area contributed by atoms with Crippen molar-refractivity contribution in [1.82, 2.24) is 4.90 Å². The van der Waals surface area contributed by atoms with Crippen molar-refractivity contribution < 1.29 is 18.7 Å². The van der Waals surface area contributed by atoms with Crippen LogP contribution in [0.15, 0.2) is 24.3 Å². The summed E-state index contributed by atoms with van der Waals surface area (Å²) in [6.45, 7) is 3.84. The van der Waals surface area contributed by atoms with Gasteiger partial charge in [0.25, 0.3) is 0 Å². The predicted molar refractivity (Wildman–Crippen MR) is 72.8 cm³/mol. The molecule has 0 saturated carbocycles. The van der Waals surface area contributed by atoms with Crippen LogP contribution in [-0.2, 0) is 14.3 Å². The van der Waals surface area contributed by atoms with Crippen LogP contribution in [0, 0.1) is 5.82 Å². The lowest BCUT2D eigenvalue weighted by atomic mass is 10.0. The molecule has 1 aromatic carbocycles. The first-order chi connectivity index (χ1) is 9.61. The average Bonchev–Trinajstić information content (AvgIpc) is 2.47. The molecule has 2 atom stereocenters. The molecule has 0 aromatic heterocycles. The minimum Gasteiger partial charge on any atom is -0.469 e. The van der Waals surface area contributed by atoms with Crippen molar-refractivity contribution in [3.05, 3.63) is 35.6 Å². The van der Waals surface area contributed by atoms with Gasteiger partial charge in [-0.05, 0) is 13.0 Å². The molecule has 0 bridgehead atoms. The van der Waals surface area contributed by atoms with E-state index in [0.29, 0.717) is 18.7 Å². The molecule has 0 radical (unpaired) electrons. The summed E-state index contributed by atoms with van der Waals surface area (Å²) >= 11 is 0. The number of rotatable bonds is 4. The van der Waals surface area contributed by atoms with Gasteiger partial charge in [0.05, 0.1) is 26.2 Å². The third-order valence-electron chi connectivity index (χ3n) is 3.70. The summed E-state index contributed by atoms with van der Waals surface area (Å²) < 4.78 is 24.0. The van der Waals surface area contributed by atoms with E-state index in [1.54, 1.807) is 12.1 Å². The maximum atomic E-state index is 13.8. The number of benzene rings is 1. The van der Waals surface area contributed by atoms with Gasteiger partial charge in [-0.1, -0.05) is 18.2 Å². The Morgan fingerprint density at radius 1 is 1.55 bits per heavy atom. The molecule has 1 saturated heterocycles. The Morgan fingerprint density at radius 3 is 3.00 bits per heavy atom. The molecule has 1 aliphatic heterocycles. The minimum absolute atomic E-state index is 0.0414. The van der Waals surface area contributed by atoms with Crippen LogP contribution in [0.5, 0.6) is 0 Å². The number of halogens is 1. The first-order valence-electron chi connectivity index (χ1n) is 6.78. The lowest BCUT2D eigenvalue weighted by molar-refractivity contribution is -0.146. The van der Waals surface area contributed by atoms with Gasteiger partial charge < -0.3 is 9.47 Å². The van der Waals surface area contributed by atoms with E-state index >= 15 is 0 Å². The second-order valence-corrected chi connectivity index (χ2v) is 4.97. The molecule has 5 heteroatoms. The van der Waals surface area contributed by atoms with Gasteiger partial charge in [0.2, 0.25) is 0 Å². The minimum atomic E-state index is -0.282. The SMILES string of the molecule is COC(=O)CC1CN(C(C)c2ccccc2F)CCO1. The number of carbonyl (C=O) groups is 1. The van der Waals surface area contributed by atoms with Gasteiger partial charge in [-0.2, -0.15) is 0 Å². The zero-order chi connectivity index (χ0) is 14.5. The highest BCUT2D eigenvalue weighted by molar-refractivity contribution is 5.69. The van der Waals surface area contributed by atoms with Crippen LogP contribution in [0.2, 0.25) is 0 Å². The molecule has 0 spiro atoms. The number of methoxy groups -OCH3 is 1. The van der Waals surface area contributed by atoms with Crippen LogP contribution in [0.1, 0.15) is 24.9 Å². The summed E-state index contributed by atoms with van der Waals surface area (Å²) in [6, 6.07) is 6.75. The van der Waals surface area contributed by atoms with Crippen LogP contribution in [0.4, 0.5) is 4.39 Å². The summed E-state index contributed by atoms with van der Waals surface area (Å²) in [7, 11) is 1.37. The molecule has 110 valence electrons. The number of nitrogens with zero attached hydrogens (tertiary/aromatic N) is 1. The standard InChI is InChI=1S/C15H20FNO3/c1-11(13-5-3-4-6-14(13)16)17-7-8-20-12(10-17)9-15(18)19-2/h3-6,11-12H,7-10H2,1-2H3.